The van der Waals surface area contributed by atoms with E-state index in [1.807, 2.05) is 0 Å². The minimum atomic E-state index is -9.50. The lowest BCUT2D eigenvalue weighted by Crippen LogP contribution is -2.76. The molecule has 0 aromatic rings. The Morgan fingerprint density at radius 3 is 0.575 bits per heavy atom. The predicted octanol–water partition coefficient (Wildman–Crippen LogP) is 13.7. The first-order valence-electron chi connectivity index (χ1n) is 18.9. The van der Waals surface area contributed by atoms with E-state index in [0.717, 1.165) is 0 Å². The van der Waals surface area contributed by atoms with Crippen molar-refractivity contribution < 1.29 is 214 Å². The van der Waals surface area contributed by atoms with E-state index < -0.39 is 195 Å². The predicted molar refractivity (Wildman–Crippen MR) is 163 cm³/mol. The van der Waals surface area contributed by atoms with Crippen LogP contribution in [-0.4, -0.2) is 167 Å². The van der Waals surface area contributed by atoms with Gasteiger partial charge in [0.1, 0.15) is 13.2 Å². The molecule has 478 valence electrons. The summed E-state index contributed by atoms with van der Waals surface area (Å²) < 4.78 is 575. The molecule has 0 fully saturated rings. The number of hydrogen-bond acceptors (Lipinski definition) is 6. The molecule has 0 rings (SSSR count). The van der Waals surface area contributed by atoms with E-state index in [-0.39, 0.29) is 0 Å². The molecule has 0 saturated carbocycles. The average Bonchev–Trinajstić information content (AvgIpc) is 3.24. The van der Waals surface area contributed by atoms with Gasteiger partial charge in [-0.3, -0.25) is 9.59 Å². The Morgan fingerprint density at radius 2 is 0.412 bits per heavy atom. The van der Waals surface area contributed by atoms with Crippen LogP contribution in [0, 0.1) is 0 Å². The molecule has 0 amide bonds. The Labute approximate surface area is 409 Å². The van der Waals surface area contributed by atoms with Crippen molar-refractivity contribution >= 4 is 11.9 Å². The Bertz CT molecular complexity index is 1990. The van der Waals surface area contributed by atoms with Gasteiger partial charge in [0.2, 0.25) is 0 Å². The van der Waals surface area contributed by atoms with Crippen LogP contribution in [0.25, 0.3) is 0 Å². The van der Waals surface area contributed by atoms with Gasteiger partial charge < -0.3 is 19.7 Å². The number of ether oxygens (including phenoxy) is 2. The van der Waals surface area contributed by atoms with Crippen LogP contribution in [0.2, 0.25) is 0 Å². The van der Waals surface area contributed by atoms with Crippen LogP contribution >= 0.6 is 0 Å². The highest BCUT2D eigenvalue weighted by Crippen LogP contribution is 2.69. The third-order valence-corrected chi connectivity index (χ3v) is 10.0. The van der Waals surface area contributed by atoms with E-state index in [2.05, 4.69) is 9.47 Å². The second kappa shape index (κ2) is 21.5. The molecule has 48 heteroatoms. The Balaban J connectivity index is 5.88. The molecular weight excluding hydrogens is 1280 g/mol. The van der Waals surface area contributed by atoms with Crippen molar-refractivity contribution in [3.63, 3.8) is 0 Å². The molecule has 80 heavy (non-hydrogen) atoms. The number of halogens is 42. The molecule has 0 aliphatic heterocycles. The molecule has 0 bridgehead atoms. The maximum atomic E-state index is 14.1. The van der Waals surface area contributed by atoms with Gasteiger partial charge in [-0.05, 0) is 12.8 Å². The average molecular weight is 1300 g/mol. The standard InChI is InChI=1S/C32H20F42O6/c33-13(34,15(37,38)17(41,42)19(45,46)21(49,50)23(53,54)25(57,58)27(61,62)29(65,66)31(69,70)71)5-9(75)7-79-11(77)3-1-2-4-12(78)80-8-10(76)6-14(35,36)16(39,40)18(43,44)20(47,48)22(51,52)24(55,56)26(59,60)28(63,64)30(67,68)32(72,73)74/h9-10,75-76H,1-8H2. The first-order chi connectivity index (χ1) is 34.3. The molecule has 0 aliphatic carbocycles. The van der Waals surface area contributed by atoms with Crippen molar-refractivity contribution in [2.24, 2.45) is 0 Å². The van der Waals surface area contributed by atoms with Crippen LogP contribution in [0.3, 0.4) is 0 Å². The number of carbonyl (C=O) groups excluding carboxylic acids is 2. The number of carbonyl (C=O) groups is 2. The summed E-state index contributed by atoms with van der Waals surface area (Å²) in [4.78, 5) is 23.4. The summed E-state index contributed by atoms with van der Waals surface area (Å²) in [5.74, 6) is -165. The molecule has 2 unspecified atom stereocenters. The second-order valence-corrected chi connectivity index (χ2v) is 15.9. The first-order valence-corrected chi connectivity index (χ1v) is 18.9. The van der Waals surface area contributed by atoms with E-state index in [1.54, 1.807) is 0 Å². The molecule has 0 radical (unpaired) electrons. The topological polar surface area (TPSA) is 93.1 Å². The van der Waals surface area contributed by atoms with Gasteiger partial charge in [0.15, 0.2) is 0 Å². The van der Waals surface area contributed by atoms with Crippen molar-refractivity contribution in [1.29, 1.82) is 0 Å². The number of alkyl halides is 42. The van der Waals surface area contributed by atoms with Crippen molar-refractivity contribution in [1.82, 2.24) is 0 Å². The number of aliphatic hydroxyl groups is 2. The molecule has 0 spiro atoms. The number of hydrogen-bond donors (Lipinski definition) is 2. The van der Waals surface area contributed by atoms with Crippen LogP contribution in [0.5, 0.6) is 0 Å². The van der Waals surface area contributed by atoms with Crippen LogP contribution < -0.4 is 0 Å². The van der Waals surface area contributed by atoms with Gasteiger partial charge in [-0.2, -0.15) is 184 Å². The molecule has 0 heterocycles. The van der Waals surface area contributed by atoms with Gasteiger partial charge in [0.25, 0.3) is 0 Å². The van der Waals surface area contributed by atoms with Crippen LogP contribution in [0.4, 0.5) is 184 Å². The SMILES string of the molecule is O=C(CCCCC(=O)OCC(O)CC(F)(F)C(F)(F)C(F)(F)C(F)(F)C(F)(F)C(F)(F)C(F)(F)C(F)(F)C(F)(F)C(F)(F)F)OCC(O)CC(F)(F)C(F)(F)C(F)(F)C(F)(F)C(F)(F)C(F)(F)C(F)(F)C(F)(F)C(F)(F)C(F)(F)F. The zero-order valence-corrected chi connectivity index (χ0v) is 36.2. The monoisotopic (exact) mass is 1300 g/mol. The quantitative estimate of drug-likeness (QED) is 0.0440. The van der Waals surface area contributed by atoms with E-state index in [9.17, 15) is 204 Å². The molecule has 0 aromatic heterocycles. The highest BCUT2D eigenvalue weighted by Gasteiger charge is 3.00. The molecule has 6 nitrogen and oxygen atoms in total. The smallest absolute Gasteiger partial charge is 0.460 e. The van der Waals surface area contributed by atoms with Crippen LogP contribution in [0.1, 0.15) is 38.5 Å². The molecular formula is C32H20F42O6. The van der Waals surface area contributed by atoms with Gasteiger partial charge in [0, 0.05) is 25.7 Å². The molecule has 2 N–H and O–H groups in total. The van der Waals surface area contributed by atoms with Gasteiger partial charge in [-0.1, -0.05) is 0 Å². The first kappa shape index (κ1) is 75.9. The fourth-order valence-electron chi connectivity index (χ4n) is 5.21. The van der Waals surface area contributed by atoms with E-state index in [4.69, 9.17) is 0 Å². The lowest BCUT2D eigenvalue weighted by Gasteiger charge is -2.44. The number of aliphatic hydroxyl groups excluding tert-OH is 2. The maximum absolute atomic E-state index is 14.1. The summed E-state index contributed by atoms with van der Waals surface area (Å²) in [6, 6.07) is 0. The van der Waals surface area contributed by atoms with Gasteiger partial charge in [-0.25, -0.2) is 0 Å². The van der Waals surface area contributed by atoms with Crippen LogP contribution in [-0.2, 0) is 19.1 Å². The fourth-order valence-corrected chi connectivity index (χ4v) is 5.21. The summed E-state index contributed by atoms with van der Waals surface area (Å²) in [6.07, 6.45) is -35.9. The largest absolute Gasteiger partial charge is 0.463 e. The lowest BCUT2D eigenvalue weighted by molar-refractivity contribution is -0.474. The maximum Gasteiger partial charge on any atom is 0.460 e. The van der Waals surface area contributed by atoms with Crippen molar-refractivity contribution in [2.75, 3.05) is 13.2 Å². The Morgan fingerprint density at radius 1 is 0.263 bits per heavy atom. The van der Waals surface area contributed by atoms with E-state index in [1.165, 1.54) is 0 Å². The van der Waals surface area contributed by atoms with Crippen molar-refractivity contribution in [3.05, 3.63) is 0 Å². The van der Waals surface area contributed by atoms with Crippen molar-refractivity contribution in [3.8, 4) is 0 Å². The molecule has 2 atom stereocenters. The molecule has 0 saturated heterocycles. The zero-order valence-electron chi connectivity index (χ0n) is 36.2. The summed E-state index contributed by atoms with van der Waals surface area (Å²) in [5, 5.41) is 18.7. The van der Waals surface area contributed by atoms with E-state index >= 15 is 0 Å². The summed E-state index contributed by atoms with van der Waals surface area (Å²) in [7, 11) is 0. The molecule has 0 aromatic carbocycles. The fraction of sp³-hybridized carbons (Fsp3) is 0.938. The highest BCUT2D eigenvalue weighted by atomic mass is 19.5. The normalized spacial score (nSPS) is 16.9. The number of rotatable bonds is 29. The Hall–Kier alpha value is -4.08. The molecule has 0 aliphatic rings. The van der Waals surface area contributed by atoms with Gasteiger partial charge >= 0.3 is 131 Å². The number of esters is 2. The Kier molecular flexibility index (Phi) is 20.4. The van der Waals surface area contributed by atoms with Gasteiger partial charge in [-0.15, -0.1) is 0 Å². The summed E-state index contributed by atoms with van der Waals surface area (Å²) in [6.45, 7) is -4.64. The third kappa shape index (κ3) is 11.5. The third-order valence-electron chi connectivity index (χ3n) is 10.0. The number of unbranched alkanes of at least 4 members (excludes halogenated alkanes) is 1. The van der Waals surface area contributed by atoms with Crippen LogP contribution in [0.15, 0.2) is 0 Å². The second-order valence-electron chi connectivity index (χ2n) is 15.9. The van der Waals surface area contributed by atoms with Crippen molar-refractivity contribution in [2.45, 2.75) is 170 Å². The minimum Gasteiger partial charge on any atom is -0.463 e. The lowest BCUT2D eigenvalue weighted by atomic mass is 9.85. The summed E-state index contributed by atoms with van der Waals surface area (Å²) in [5.41, 5.74) is 0. The minimum absolute atomic E-state index is 0.981. The summed E-state index contributed by atoms with van der Waals surface area (Å²) >= 11 is 0. The van der Waals surface area contributed by atoms with Gasteiger partial charge in [0.05, 0.1) is 12.2 Å². The zero-order chi connectivity index (χ0) is 65.4. The van der Waals surface area contributed by atoms with E-state index in [0.29, 0.717) is 0 Å². The highest BCUT2D eigenvalue weighted by molar-refractivity contribution is 5.70.